The van der Waals surface area contributed by atoms with Gasteiger partial charge in [-0.25, -0.2) is 13.5 Å². The van der Waals surface area contributed by atoms with E-state index in [4.69, 9.17) is 11.7 Å². The highest BCUT2D eigenvalue weighted by molar-refractivity contribution is 8.78. The molecule has 180 valence electrons. The Morgan fingerprint density at radius 3 is 2.79 bits per heavy atom. The van der Waals surface area contributed by atoms with Crippen LogP contribution < -0.4 is 14.9 Å². The number of halogens is 2. The van der Waals surface area contributed by atoms with E-state index < -0.39 is 16.4 Å². The summed E-state index contributed by atoms with van der Waals surface area (Å²) in [6.07, 6.45) is 3.64. The van der Waals surface area contributed by atoms with Crippen LogP contribution in [0, 0.1) is 0 Å². The number of anilines is 1. The lowest BCUT2D eigenvalue weighted by Gasteiger charge is -2.41. The maximum Gasteiger partial charge on any atom is 0.291 e. The molecule has 3 atom stereocenters. The summed E-state index contributed by atoms with van der Waals surface area (Å²) in [7, 11) is -0.446. The van der Waals surface area contributed by atoms with E-state index in [1.807, 2.05) is 6.07 Å². The van der Waals surface area contributed by atoms with Crippen LogP contribution >= 0.6 is 44.9 Å². The number of rotatable bonds is 7. The minimum absolute atomic E-state index is 0.171. The Labute approximate surface area is 207 Å². The lowest BCUT2D eigenvalue weighted by atomic mass is 10.1. The van der Waals surface area contributed by atoms with E-state index in [0.717, 1.165) is 58.8 Å². The molecular formula is C20H27F2N7S4. The molecule has 1 saturated heterocycles. The Morgan fingerprint density at radius 1 is 1.33 bits per heavy atom. The van der Waals surface area contributed by atoms with E-state index in [2.05, 4.69) is 56.4 Å². The van der Waals surface area contributed by atoms with Crippen molar-refractivity contribution in [2.75, 3.05) is 24.2 Å². The van der Waals surface area contributed by atoms with Crippen molar-refractivity contribution in [1.29, 1.82) is 0 Å². The molecule has 3 aromatic rings. The van der Waals surface area contributed by atoms with Crippen LogP contribution in [0.15, 0.2) is 23.2 Å². The number of alkyl halides is 2. The van der Waals surface area contributed by atoms with Crippen molar-refractivity contribution in [2.24, 2.45) is 0 Å². The van der Waals surface area contributed by atoms with Gasteiger partial charge in [0.15, 0.2) is 5.01 Å². The van der Waals surface area contributed by atoms with E-state index in [0.29, 0.717) is 16.5 Å². The van der Waals surface area contributed by atoms with Gasteiger partial charge in [-0.05, 0) is 57.0 Å². The predicted molar refractivity (Wildman–Crippen MR) is 139 cm³/mol. The van der Waals surface area contributed by atoms with Crippen molar-refractivity contribution >= 4 is 61.5 Å². The number of thiol groups is 2. The van der Waals surface area contributed by atoms with Crippen molar-refractivity contribution in [1.82, 2.24) is 30.0 Å². The number of hydrogen-bond acceptors (Lipinski definition) is 9. The van der Waals surface area contributed by atoms with Gasteiger partial charge in [0.25, 0.3) is 6.43 Å². The van der Waals surface area contributed by atoms with E-state index in [9.17, 15) is 8.78 Å². The predicted octanol–water partition coefficient (Wildman–Crippen LogP) is 4.56. The van der Waals surface area contributed by atoms with Gasteiger partial charge in [-0.2, -0.15) is 15.0 Å². The van der Waals surface area contributed by atoms with E-state index in [1.54, 1.807) is 22.8 Å². The van der Waals surface area contributed by atoms with Gasteiger partial charge in [0.2, 0.25) is 5.13 Å². The quantitative estimate of drug-likeness (QED) is 0.202. The summed E-state index contributed by atoms with van der Waals surface area (Å²) in [6.45, 7) is 6.12. The highest BCUT2D eigenvalue weighted by Gasteiger charge is 2.37. The average molecular weight is 532 g/mol. The van der Waals surface area contributed by atoms with E-state index in [1.165, 1.54) is 0 Å². The zero-order valence-electron chi connectivity index (χ0n) is 18.5. The molecule has 7 nitrogen and oxygen atoms in total. The SMILES string of the molecule is C[C@H]1CN(c2cc(SNC3(C)CC3)cc3c2cnn3-c2nnc(C(F)F)s2)C[C@H]([SH](C)S)N1. The van der Waals surface area contributed by atoms with Crippen LogP contribution in [0.4, 0.5) is 14.5 Å². The van der Waals surface area contributed by atoms with Gasteiger partial charge in [-0.1, -0.05) is 11.3 Å². The van der Waals surface area contributed by atoms with Crippen LogP contribution in [-0.2, 0) is 0 Å². The van der Waals surface area contributed by atoms with Crippen molar-refractivity contribution in [2.45, 2.75) is 55.0 Å². The van der Waals surface area contributed by atoms with Gasteiger partial charge >= 0.3 is 0 Å². The standard InChI is InChI=1S/C20H27F2N7S4/c1-11-9-28(10-16(24-11)33(3)30)14-6-12(32-27-20(2)4-5-20)7-15-13(14)8-23-29(15)19-26-25-18(31-19)17(21)22/h6-8,11,16-17,24,27,30,33H,4-5,9-10H2,1-3H3/t11-,16-/m0/s1. The number of benzene rings is 1. The van der Waals surface area contributed by atoms with Crippen LogP contribution in [0.2, 0.25) is 0 Å². The molecule has 2 fully saturated rings. The minimum Gasteiger partial charge on any atom is -0.367 e. The third-order valence-corrected chi connectivity index (χ3v) is 10.0. The Bertz CT molecular complexity index is 1150. The summed E-state index contributed by atoms with van der Waals surface area (Å²) in [5.74, 6) is 0. The van der Waals surface area contributed by atoms with Crippen molar-refractivity contribution in [3.05, 3.63) is 23.3 Å². The van der Waals surface area contributed by atoms with Crippen LogP contribution in [0.3, 0.4) is 0 Å². The van der Waals surface area contributed by atoms with Crippen molar-refractivity contribution < 1.29 is 8.78 Å². The number of hydrogen-bond donors (Lipinski definition) is 4. The summed E-state index contributed by atoms with van der Waals surface area (Å²) in [6, 6.07) is 4.57. The molecular weight excluding hydrogens is 505 g/mol. The molecule has 2 aromatic heterocycles. The summed E-state index contributed by atoms with van der Waals surface area (Å²) in [5.41, 5.74) is 2.10. The molecule has 0 radical (unpaired) electrons. The number of aromatic nitrogens is 4. The highest BCUT2D eigenvalue weighted by atomic mass is 33.1. The normalized spacial score (nSPS) is 24.0. The Kier molecular flexibility index (Phi) is 6.55. The largest absolute Gasteiger partial charge is 0.367 e. The maximum atomic E-state index is 13.1. The van der Waals surface area contributed by atoms with Gasteiger partial charge in [-0.15, -0.1) is 21.9 Å². The Balaban J connectivity index is 1.57. The molecule has 13 heteroatoms. The first-order chi connectivity index (χ1) is 15.7. The van der Waals surface area contributed by atoms with Gasteiger partial charge in [-0.3, -0.25) is 4.72 Å². The number of fused-ring (bicyclic) bond motifs is 1. The topological polar surface area (TPSA) is 70.9 Å². The third kappa shape index (κ3) is 4.98. The molecule has 0 bridgehead atoms. The molecule has 1 aromatic carbocycles. The van der Waals surface area contributed by atoms with Crippen LogP contribution in [0.1, 0.15) is 38.1 Å². The molecule has 33 heavy (non-hydrogen) atoms. The van der Waals surface area contributed by atoms with Crippen LogP contribution in [-0.4, -0.2) is 56.3 Å². The van der Waals surface area contributed by atoms with Gasteiger partial charge < -0.3 is 10.2 Å². The van der Waals surface area contributed by atoms with Gasteiger partial charge in [0, 0.05) is 40.6 Å². The monoisotopic (exact) mass is 531 g/mol. The summed E-state index contributed by atoms with van der Waals surface area (Å²) in [4.78, 5) is 3.45. The zero-order valence-corrected chi connectivity index (χ0v) is 21.9. The summed E-state index contributed by atoms with van der Waals surface area (Å²) >= 11 is 7.22. The molecule has 1 aliphatic carbocycles. The lowest BCUT2D eigenvalue weighted by Crippen LogP contribution is -2.55. The van der Waals surface area contributed by atoms with Crippen LogP contribution in [0.25, 0.3) is 16.0 Å². The third-order valence-electron chi connectivity index (χ3n) is 6.01. The second kappa shape index (κ2) is 9.15. The number of piperazine rings is 1. The fourth-order valence-electron chi connectivity index (χ4n) is 3.90. The smallest absolute Gasteiger partial charge is 0.291 e. The minimum atomic E-state index is -2.65. The second-order valence-electron chi connectivity index (χ2n) is 8.98. The fraction of sp³-hybridized carbons (Fsp3) is 0.550. The molecule has 2 aliphatic rings. The molecule has 5 rings (SSSR count). The molecule has 0 amide bonds. The Morgan fingerprint density at radius 2 is 2.12 bits per heavy atom. The molecule has 2 N–H and O–H groups in total. The Hall–Kier alpha value is -1.12. The first-order valence-electron chi connectivity index (χ1n) is 10.7. The lowest BCUT2D eigenvalue weighted by molar-refractivity contribution is 0.150. The first kappa shape index (κ1) is 23.6. The molecule has 1 aliphatic heterocycles. The number of nitrogens with one attached hydrogen (secondary N) is 2. The fourth-order valence-corrected chi connectivity index (χ4v) is 6.80. The van der Waals surface area contributed by atoms with E-state index in [-0.39, 0.29) is 10.5 Å². The zero-order chi connectivity index (χ0) is 23.3. The van der Waals surface area contributed by atoms with E-state index >= 15 is 0 Å². The summed E-state index contributed by atoms with van der Waals surface area (Å²) < 4.78 is 31.4. The molecule has 3 heterocycles. The summed E-state index contributed by atoms with van der Waals surface area (Å²) in [5, 5.41) is 17.1. The maximum absolute atomic E-state index is 13.1. The number of nitrogens with zero attached hydrogens (tertiary/aromatic N) is 5. The first-order valence-corrected chi connectivity index (χ1v) is 15.4. The molecule has 1 unspecified atom stereocenters. The molecule has 1 saturated carbocycles. The highest BCUT2D eigenvalue weighted by Crippen LogP contribution is 2.41. The van der Waals surface area contributed by atoms with Crippen LogP contribution in [0.5, 0.6) is 0 Å². The van der Waals surface area contributed by atoms with Gasteiger partial charge in [0.05, 0.1) is 17.1 Å². The molecule has 0 spiro atoms. The van der Waals surface area contributed by atoms with Crippen molar-refractivity contribution in [3.63, 3.8) is 0 Å². The second-order valence-corrected chi connectivity index (χ2v) is 14.5. The van der Waals surface area contributed by atoms with Gasteiger partial charge in [0.1, 0.15) is 0 Å². The average Bonchev–Trinajstić information content (AvgIpc) is 3.16. The van der Waals surface area contributed by atoms with Crippen molar-refractivity contribution in [3.8, 4) is 5.13 Å².